The molecule has 5 heteroatoms. The molecule has 0 N–H and O–H groups in total. The van der Waals surface area contributed by atoms with Gasteiger partial charge in [0.15, 0.2) is 0 Å². The van der Waals surface area contributed by atoms with Crippen LogP contribution in [0.15, 0.2) is 0 Å². The summed E-state index contributed by atoms with van der Waals surface area (Å²) in [7, 11) is 0. The van der Waals surface area contributed by atoms with Gasteiger partial charge in [0.05, 0.1) is 11.2 Å². The SMILES string of the molecule is [O-][S+](C1CCCC1)C(F)(F)F. The lowest BCUT2D eigenvalue weighted by Crippen LogP contribution is -2.32. The number of alkyl halides is 3. The van der Waals surface area contributed by atoms with Crippen LogP contribution in [0.3, 0.4) is 0 Å². The summed E-state index contributed by atoms with van der Waals surface area (Å²) < 4.78 is 46.1. The van der Waals surface area contributed by atoms with Crippen LogP contribution in [0.4, 0.5) is 13.2 Å². The van der Waals surface area contributed by atoms with Crippen molar-refractivity contribution in [3.63, 3.8) is 0 Å². The Morgan fingerprint density at radius 1 is 1.18 bits per heavy atom. The maximum absolute atomic E-state index is 11.8. The van der Waals surface area contributed by atoms with Crippen LogP contribution in [0, 0.1) is 0 Å². The first-order chi connectivity index (χ1) is 5.02. The molecule has 0 aromatic heterocycles. The summed E-state index contributed by atoms with van der Waals surface area (Å²) in [6.07, 6.45) is 2.50. The van der Waals surface area contributed by atoms with Crippen LogP contribution in [0.5, 0.6) is 0 Å². The van der Waals surface area contributed by atoms with Gasteiger partial charge in [-0.25, -0.2) is 0 Å². The molecule has 0 saturated heterocycles. The molecule has 0 heterocycles. The first-order valence-corrected chi connectivity index (χ1v) is 4.70. The predicted octanol–water partition coefficient (Wildman–Crippen LogP) is 2.20. The maximum atomic E-state index is 11.8. The predicted molar refractivity (Wildman–Crippen MR) is 36.5 cm³/mol. The highest BCUT2D eigenvalue weighted by Gasteiger charge is 2.49. The molecule has 0 bridgehead atoms. The summed E-state index contributed by atoms with van der Waals surface area (Å²) in [4.78, 5) is 0. The molecular formula is C6H9F3OS. The van der Waals surface area contributed by atoms with E-state index < -0.39 is 21.9 Å². The quantitative estimate of drug-likeness (QED) is 0.576. The van der Waals surface area contributed by atoms with Crippen molar-refractivity contribution >= 4 is 11.2 Å². The summed E-state index contributed by atoms with van der Waals surface area (Å²) in [6, 6.07) is 0. The molecule has 1 rings (SSSR count). The van der Waals surface area contributed by atoms with Crippen molar-refractivity contribution in [2.24, 2.45) is 0 Å². The Bertz CT molecular complexity index is 130. The maximum Gasteiger partial charge on any atom is 0.572 e. The van der Waals surface area contributed by atoms with Gasteiger partial charge < -0.3 is 4.55 Å². The Balaban J connectivity index is 2.46. The average Bonchev–Trinajstić information content (AvgIpc) is 2.34. The summed E-state index contributed by atoms with van der Waals surface area (Å²) in [5.41, 5.74) is -4.50. The molecule has 11 heavy (non-hydrogen) atoms. The van der Waals surface area contributed by atoms with E-state index in [4.69, 9.17) is 0 Å². The van der Waals surface area contributed by atoms with E-state index >= 15 is 0 Å². The monoisotopic (exact) mass is 186 g/mol. The molecule has 66 valence electrons. The van der Waals surface area contributed by atoms with Crippen molar-refractivity contribution in [3.05, 3.63) is 0 Å². The minimum Gasteiger partial charge on any atom is -0.609 e. The van der Waals surface area contributed by atoms with Crippen LogP contribution in [-0.4, -0.2) is 15.3 Å². The largest absolute Gasteiger partial charge is 0.609 e. The smallest absolute Gasteiger partial charge is 0.572 e. The van der Waals surface area contributed by atoms with Crippen LogP contribution in [0.2, 0.25) is 0 Å². The zero-order chi connectivity index (χ0) is 8.48. The van der Waals surface area contributed by atoms with Gasteiger partial charge in [0.25, 0.3) is 0 Å². The highest BCUT2D eigenvalue weighted by Crippen LogP contribution is 2.34. The summed E-state index contributed by atoms with van der Waals surface area (Å²) in [6.45, 7) is 0. The molecule has 0 aromatic carbocycles. The van der Waals surface area contributed by atoms with Crippen molar-refractivity contribution in [1.29, 1.82) is 0 Å². The second-order valence-corrected chi connectivity index (χ2v) is 4.37. The van der Waals surface area contributed by atoms with E-state index in [1.54, 1.807) is 0 Å². The van der Waals surface area contributed by atoms with E-state index in [-0.39, 0.29) is 0 Å². The Hall–Kier alpha value is 0.100. The van der Waals surface area contributed by atoms with Gasteiger partial charge in [0, 0.05) is 0 Å². The fraction of sp³-hybridized carbons (Fsp3) is 1.00. The van der Waals surface area contributed by atoms with E-state index in [9.17, 15) is 17.7 Å². The Morgan fingerprint density at radius 3 is 2.00 bits per heavy atom. The summed E-state index contributed by atoms with van der Waals surface area (Å²) in [5, 5.41) is -0.630. The molecule has 1 fully saturated rings. The van der Waals surface area contributed by atoms with Crippen molar-refractivity contribution in [1.82, 2.24) is 0 Å². The second kappa shape index (κ2) is 3.23. The number of rotatable bonds is 1. The van der Waals surface area contributed by atoms with Gasteiger partial charge in [0.1, 0.15) is 5.25 Å². The minimum atomic E-state index is -4.50. The molecule has 1 aliphatic rings. The van der Waals surface area contributed by atoms with Gasteiger partial charge in [-0.2, -0.15) is 0 Å². The van der Waals surface area contributed by atoms with Crippen LogP contribution in [0.1, 0.15) is 25.7 Å². The lowest BCUT2D eigenvalue weighted by molar-refractivity contribution is -0.0443. The topological polar surface area (TPSA) is 23.1 Å². The Labute approximate surface area is 66.1 Å². The van der Waals surface area contributed by atoms with Crippen LogP contribution >= 0.6 is 0 Å². The molecule has 0 amide bonds. The summed E-state index contributed by atoms with van der Waals surface area (Å²) >= 11 is -2.61. The second-order valence-electron chi connectivity index (χ2n) is 2.65. The highest BCUT2D eigenvalue weighted by molar-refractivity contribution is 7.92. The molecule has 1 nitrogen and oxygen atoms in total. The molecule has 0 radical (unpaired) electrons. The lowest BCUT2D eigenvalue weighted by atomic mass is 10.4. The van der Waals surface area contributed by atoms with Gasteiger partial charge in [-0.05, 0) is 25.7 Å². The van der Waals surface area contributed by atoms with Crippen molar-refractivity contribution in [3.8, 4) is 0 Å². The molecule has 1 saturated carbocycles. The molecule has 0 spiro atoms. The molecular weight excluding hydrogens is 177 g/mol. The fourth-order valence-corrected chi connectivity index (χ4v) is 2.43. The van der Waals surface area contributed by atoms with E-state index in [2.05, 4.69) is 0 Å². The van der Waals surface area contributed by atoms with Crippen LogP contribution in [0.25, 0.3) is 0 Å². The van der Waals surface area contributed by atoms with Gasteiger partial charge in [-0.15, -0.1) is 13.2 Å². The molecule has 1 unspecified atom stereocenters. The van der Waals surface area contributed by atoms with Crippen molar-refractivity contribution in [2.75, 3.05) is 0 Å². The normalized spacial score (nSPS) is 24.0. The van der Waals surface area contributed by atoms with Gasteiger partial charge in [-0.1, -0.05) is 0 Å². The average molecular weight is 186 g/mol. The molecule has 1 aliphatic carbocycles. The van der Waals surface area contributed by atoms with Gasteiger partial charge in [-0.3, -0.25) is 0 Å². The van der Waals surface area contributed by atoms with E-state index in [0.717, 1.165) is 12.8 Å². The third kappa shape index (κ3) is 2.27. The first-order valence-electron chi connectivity index (χ1n) is 3.49. The number of hydrogen-bond acceptors (Lipinski definition) is 1. The van der Waals surface area contributed by atoms with Crippen LogP contribution in [-0.2, 0) is 11.2 Å². The third-order valence-electron chi connectivity index (χ3n) is 1.83. The number of halogens is 3. The summed E-state index contributed by atoms with van der Waals surface area (Å²) in [5.74, 6) is 0. The zero-order valence-corrected chi connectivity index (χ0v) is 6.67. The Kier molecular flexibility index (Phi) is 2.70. The highest BCUT2D eigenvalue weighted by atomic mass is 32.2. The standard InChI is InChI=1S/C6H9F3OS/c7-6(8,9)11(10)5-3-1-2-4-5/h5H,1-4H2. The Morgan fingerprint density at radius 2 is 1.64 bits per heavy atom. The fourth-order valence-electron chi connectivity index (χ4n) is 1.29. The van der Waals surface area contributed by atoms with E-state index in [0.29, 0.717) is 12.8 Å². The first kappa shape index (κ1) is 9.19. The van der Waals surface area contributed by atoms with E-state index in [1.807, 2.05) is 0 Å². The van der Waals surface area contributed by atoms with Crippen LogP contribution < -0.4 is 0 Å². The van der Waals surface area contributed by atoms with Crippen molar-refractivity contribution < 1.29 is 17.7 Å². The van der Waals surface area contributed by atoms with E-state index in [1.165, 1.54) is 0 Å². The van der Waals surface area contributed by atoms with Gasteiger partial charge in [0.2, 0.25) is 0 Å². The zero-order valence-electron chi connectivity index (χ0n) is 5.86. The minimum absolute atomic E-state index is 0.464. The number of hydrogen-bond donors (Lipinski definition) is 0. The molecule has 1 atom stereocenters. The van der Waals surface area contributed by atoms with Gasteiger partial charge >= 0.3 is 5.51 Å². The molecule has 0 aromatic rings. The van der Waals surface area contributed by atoms with Crippen molar-refractivity contribution in [2.45, 2.75) is 36.4 Å². The lowest BCUT2D eigenvalue weighted by Gasteiger charge is -2.17. The molecule has 0 aliphatic heterocycles. The third-order valence-corrected chi connectivity index (χ3v) is 3.37.